The van der Waals surface area contributed by atoms with Gasteiger partial charge in [-0.1, -0.05) is 42.5 Å². The van der Waals surface area contributed by atoms with E-state index in [1.807, 2.05) is 37.0 Å². The molecule has 0 fully saturated rings. The van der Waals surface area contributed by atoms with Crippen molar-refractivity contribution in [3.05, 3.63) is 60.2 Å². The first kappa shape index (κ1) is 15.6. The van der Waals surface area contributed by atoms with E-state index < -0.39 is 0 Å². The highest BCUT2D eigenvalue weighted by atomic mass is 16.5. The van der Waals surface area contributed by atoms with Crippen molar-refractivity contribution in [2.24, 2.45) is 0 Å². The Bertz CT molecular complexity index is 750. The minimum Gasteiger partial charge on any atom is -0.475 e. The Morgan fingerprint density at radius 1 is 1.00 bits per heavy atom. The fourth-order valence-corrected chi connectivity index (χ4v) is 2.58. The second-order valence-corrected chi connectivity index (χ2v) is 5.93. The average Bonchev–Trinajstić information content (AvgIpc) is 2.92. The maximum absolute atomic E-state index is 5.89. The summed E-state index contributed by atoms with van der Waals surface area (Å²) in [5.74, 6) is 0.732. The van der Waals surface area contributed by atoms with Crippen LogP contribution in [0.2, 0.25) is 0 Å². The van der Waals surface area contributed by atoms with E-state index in [9.17, 15) is 0 Å². The number of aromatic nitrogens is 2. The average molecular weight is 309 g/mol. The zero-order valence-electron chi connectivity index (χ0n) is 13.8. The molecular formula is C19H23N3O. The number of nitrogens with zero attached hydrogens (tertiary/aromatic N) is 3. The van der Waals surface area contributed by atoms with Crippen LogP contribution in [0.4, 0.5) is 0 Å². The molecule has 1 aromatic heterocycles. The zero-order valence-corrected chi connectivity index (χ0v) is 13.8. The molecule has 0 aliphatic rings. The SMILES string of the molecule is CN(C)CCOc1nn(CCc2ccccc2)c2ccccc12. The lowest BCUT2D eigenvalue weighted by atomic mass is 10.1. The molecule has 0 aliphatic carbocycles. The van der Waals surface area contributed by atoms with Crippen LogP contribution in [0.1, 0.15) is 5.56 Å². The second kappa shape index (κ2) is 7.29. The molecule has 3 aromatic rings. The van der Waals surface area contributed by atoms with Crippen LogP contribution >= 0.6 is 0 Å². The monoisotopic (exact) mass is 309 g/mol. The first-order valence-electron chi connectivity index (χ1n) is 8.01. The number of likely N-dealkylation sites (N-methyl/N-ethyl adjacent to an activating group) is 1. The third kappa shape index (κ3) is 3.90. The van der Waals surface area contributed by atoms with Crippen molar-refractivity contribution in [1.82, 2.24) is 14.7 Å². The summed E-state index contributed by atoms with van der Waals surface area (Å²) in [4.78, 5) is 2.11. The van der Waals surface area contributed by atoms with Gasteiger partial charge in [-0.15, -0.1) is 5.10 Å². The molecule has 0 aliphatic heterocycles. The Morgan fingerprint density at radius 3 is 2.52 bits per heavy atom. The number of aryl methyl sites for hydroxylation is 2. The minimum atomic E-state index is 0.646. The molecule has 0 amide bonds. The summed E-state index contributed by atoms with van der Waals surface area (Å²) in [5.41, 5.74) is 2.45. The lowest BCUT2D eigenvalue weighted by Crippen LogP contribution is -2.19. The van der Waals surface area contributed by atoms with E-state index >= 15 is 0 Å². The van der Waals surface area contributed by atoms with Crippen LogP contribution in [0.5, 0.6) is 5.88 Å². The zero-order chi connectivity index (χ0) is 16.1. The molecule has 0 N–H and O–H groups in total. The maximum atomic E-state index is 5.89. The first-order chi connectivity index (χ1) is 11.2. The highest BCUT2D eigenvalue weighted by Gasteiger charge is 2.11. The van der Waals surface area contributed by atoms with Crippen LogP contribution in [-0.2, 0) is 13.0 Å². The Hall–Kier alpha value is -2.33. The van der Waals surface area contributed by atoms with Gasteiger partial charge in [-0.25, -0.2) is 0 Å². The Morgan fingerprint density at radius 2 is 1.74 bits per heavy atom. The van der Waals surface area contributed by atoms with E-state index in [0.717, 1.165) is 36.3 Å². The van der Waals surface area contributed by atoms with Crippen LogP contribution in [0, 0.1) is 0 Å². The highest BCUT2D eigenvalue weighted by Crippen LogP contribution is 2.25. The lowest BCUT2D eigenvalue weighted by Gasteiger charge is -2.09. The molecule has 0 saturated heterocycles. The number of hydrogen-bond acceptors (Lipinski definition) is 3. The van der Waals surface area contributed by atoms with E-state index in [-0.39, 0.29) is 0 Å². The van der Waals surface area contributed by atoms with Gasteiger partial charge in [-0.05, 0) is 38.2 Å². The highest BCUT2D eigenvalue weighted by molar-refractivity contribution is 5.84. The second-order valence-electron chi connectivity index (χ2n) is 5.93. The summed E-state index contributed by atoms with van der Waals surface area (Å²) >= 11 is 0. The molecule has 4 heteroatoms. The lowest BCUT2D eigenvalue weighted by molar-refractivity contribution is 0.253. The molecule has 2 aromatic carbocycles. The molecule has 4 nitrogen and oxygen atoms in total. The van der Waals surface area contributed by atoms with Gasteiger partial charge in [0, 0.05) is 13.1 Å². The van der Waals surface area contributed by atoms with Gasteiger partial charge in [0.25, 0.3) is 0 Å². The summed E-state index contributed by atoms with van der Waals surface area (Å²) in [5, 5.41) is 5.76. The van der Waals surface area contributed by atoms with Gasteiger partial charge < -0.3 is 9.64 Å². The Labute approximate surface area is 137 Å². The van der Waals surface area contributed by atoms with Gasteiger partial charge in [-0.3, -0.25) is 4.68 Å². The molecule has 3 rings (SSSR count). The number of benzene rings is 2. The first-order valence-corrected chi connectivity index (χ1v) is 8.01. The van der Waals surface area contributed by atoms with Crippen molar-refractivity contribution in [3.8, 4) is 5.88 Å². The number of ether oxygens (including phenoxy) is 1. The van der Waals surface area contributed by atoms with Gasteiger partial charge in [-0.2, -0.15) is 0 Å². The fourth-order valence-electron chi connectivity index (χ4n) is 2.58. The number of rotatable bonds is 7. The summed E-state index contributed by atoms with van der Waals surface area (Å²) in [6.45, 7) is 2.37. The molecule has 0 radical (unpaired) electrons. The smallest absolute Gasteiger partial charge is 0.240 e. The van der Waals surface area contributed by atoms with Crippen molar-refractivity contribution in [2.45, 2.75) is 13.0 Å². The summed E-state index contributed by atoms with van der Waals surface area (Å²) in [7, 11) is 4.08. The van der Waals surface area contributed by atoms with E-state index in [0.29, 0.717) is 6.61 Å². The van der Waals surface area contributed by atoms with E-state index in [1.165, 1.54) is 5.56 Å². The van der Waals surface area contributed by atoms with Gasteiger partial charge >= 0.3 is 0 Å². The number of fused-ring (bicyclic) bond motifs is 1. The normalized spacial score (nSPS) is 11.3. The van der Waals surface area contributed by atoms with Crippen molar-refractivity contribution in [1.29, 1.82) is 0 Å². The Balaban J connectivity index is 1.77. The molecule has 120 valence electrons. The summed E-state index contributed by atoms with van der Waals surface area (Å²) in [6, 6.07) is 18.8. The van der Waals surface area contributed by atoms with Crippen molar-refractivity contribution in [3.63, 3.8) is 0 Å². The third-order valence-corrected chi connectivity index (χ3v) is 3.86. The summed E-state index contributed by atoms with van der Waals surface area (Å²) < 4.78 is 7.94. The van der Waals surface area contributed by atoms with Gasteiger partial charge in [0.1, 0.15) is 6.61 Å². The molecule has 1 heterocycles. The van der Waals surface area contributed by atoms with E-state index in [1.54, 1.807) is 0 Å². The van der Waals surface area contributed by atoms with Gasteiger partial charge in [0.2, 0.25) is 5.88 Å². The van der Waals surface area contributed by atoms with Crippen molar-refractivity contribution >= 4 is 10.9 Å². The molecule has 0 unspecified atom stereocenters. The molecule has 23 heavy (non-hydrogen) atoms. The van der Waals surface area contributed by atoms with Crippen molar-refractivity contribution < 1.29 is 4.74 Å². The quantitative estimate of drug-likeness (QED) is 0.671. The molecule has 0 spiro atoms. The molecular weight excluding hydrogens is 286 g/mol. The minimum absolute atomic E-state index is 0.646. The standard InChI is InChI=1S/C19H23N3O/c1-21(2)14-15-23-19-17-10-6-7-11-18(17)22(20-19)13-12-16-8-4-3-5-9-16/h3-11H,12-15H2,1-2H3. The van der Waals surface area contributed by atoms with Gasteiger partial charge in [0.15, 0.2) is 0 Å². The van der Waals surface area contributed by atoms with Crippen LogP contribution in [-0.4, -0.2) is 41.9 Å². The predicted octanol–water partition coefficient (Wildman–Crippen LogP) is 3.22. The van der Waals surface area contributed by atoms with Gasteiger partial charge in [0.05, 0.1) is 10.9 Å². The molecule has 0 bridgehead atoms. The Kier molecular flexibility index (Phi) is 4.93. The number of hydrogen-bond donors (Lipinski definition) is 0. The number of para-hydroxylation sites is 1. The van der Waals surface area contributed by atoms with Crippen LogP contribution in [0.15, 0.2) is 54.6 Å². The maximum Gasteiger partial charge on any atom is 0.240 e. The topological polar surface area (TPSA) is 30.3 Å². The third-order valence-electron chi connectivity index (χ3n) is 3.86. The van der Waals surface area contributed by atoms with Crippen LogP contribution in [0.25, 0.3) is 10.9 Å². The molecule has 0 saturated carbocycles. The van der Waals surface area contributed by atoms with Crippen LogP contribution in [0.3, 0.4) is 0 Å². The summed E-state index contributed by atoms with van der Waals surface area (Å²) in [6.07, 6.45) is 0.962. The van der Waals surface area contributed by atoms with Crippen molar-refractivity contribution in [2.75, 3.05) is 27.2 Å². The largest absolute Gasteiger partial charge is 0.475 e. The van der Waals surface area contributed by atoms with E-state index in [2.05, 4.69) is 46.4 Å². The fraction of sp³-hybridized carbons (Fsp3) is 0.316. The van der Waals surface area contributed by atoms with Crippen LogP contribution < -0.4 is 4.74 Å². The molecule has 0 atom stereocenters. The predicted molar refractivity (Wildman–Crippen MR) is 93.9 cm³/mol. The van der Waals surface area contributed by atoms with E-state index in [4.69, 9.17) is 4.74 Å².